The summed E-state index contributed by atoms with van der Waals surface area (Å²) in [6.45, 7) is 4.70. The van der Waals surface area contributed by atoms with Gasteiger partial charge >= 0.3 is 0 Å². The molecule has 0 unspecified atom stereocenters. The van der Waals surface area contributed by atoms with Crippen molar-refractivity contribution in [3.8, 4) is 5.75 Å². The minimum atomic E-state index is -0.361. The van der Waals surface area contributed by atoms with Crippen LogP contribution in [-0.2, 0) is 17.1 Å². The van der Waals surface area contributed by atoms with Crippen molar-refractivity contribution in [2.75, 3.05) is 6.79 Å². The number of nitro benzene ring substituents is 1. The lowest BCUT2D eigenvalue weighted by atomic mass is 9.95. The first-order valence-electron chi connectivity index (χ1n) is 9.73. The van der Waals surface area contributed by atoms with Crippen molar-refractivity contribution in [3.63, 3.8) is 0 Å². The Bertz CT molecular complexity index is 890. The van der Waals surface area contributed by atoms with E-state index in [0.717, 1.165) is 22.0 Å². The highest BCUT2D eigenvalue weighted by atomic mass is 32.2. The van der Waals surface area contributed by atoms with Gasteiger partial charge in [-0.05, 0) is 26.7 Å². The molecule has 1 aromatic heterocycles. The van der Waals surface area contributed by atoms with Crippen molar-refractivity contribution in [2.24, 2.45) is 0 Å². The Morgan fingerprint density at radius 1 is 1.29 bits per heavy atom. The smallest absolute Gasteiger partial charge is 0.270 e. The molecule has 7 nitrogen and oxygen atoms in total. The van der Waals surface area contributed by atoms with Crippen LogP contribution in [0.2, 0.25) is 0 Å². The van der Waals surface area contributed by atoms with Gasteiger partial charge in [0.2, 0.25) is 0 Å². The van der Waals surface area contributed by atoms with Crippen LogP contribution in [0.4, 0.5) is 5.69 Å². The molecule has 8 heteroatoms. The number of non-ortho nitro benzene ring substituents is 1. The van der Waals surface area contributed by atoms with Crippen molar-refractivity contribution < 1.29 is 14.4 Å². The van der Waals surface area contributed by atoms with Gasteiger partial charge < -0.3 is 14.0 Å². The molecule has 1 aliphatic heterocycles. The van der Waals surface area contributed by atoms with Crippen LogP contribution in [0.5, 0.6) is 5.75 Å². The van der Waals surface area contributed by atoms with Crippen molar-refractivity contribution in [3.05, 3.63) is 44.8 Å². The zero-order valence-corrected chi connectivity index (χ0v) is 17.1. The number of aromatic nitrogens is 2. The van der Waals surface area contributed by atoms with Gasteiger partial charge in [0.25, 0.3) is 5.69 Å². The number of nitrogens with zero attached hydrogens (tertiary/aromatic N) is 3. The molecule has 1 aliphatic carbocycles. The standard InChI is InChI=1S/C20H25N3O4S/c1-13-14(2)22(17-6-4-3-5-7-17)20(21-13)28-11-16-9-18(23(24)25)8-15-10-26-12-27-19(15)16/h8-9,17H,3-7,10-12H2,1-2H3. The molecule has 1 aromatic carbocycles. The van der Waals surface area contributed by atoms with Crippen molar-refractivity contribution in [1.82, 2.24) is 9.55 Å². The number of ether oxygens (including phenoxy) is 2. The molecule has 0 bridgehead atoms. The number of fused-ring (bicyclic) bond motifs is 1. The second kappa shape index (κ2) is 8.13. The molecular weight excluding hydrogens is 378 g/mol. The fraction of sp³-hybridized carbons (Fsp3) is 0.550. The number of thioether (sulfide) groups is 1. The zero-order chi connectivity index (χ0) is 19.7. The van der Waals surface area contributed by atoms with Crippen LogP contribution >= 0.6 is 11.8 Å². The van der Waals surface area contributed by atoms with Gasteiger partial charge in [-0.15, -0.1) is 0 Å². The van der Waals surface area contributed by atoms with Crippen molar-refractivity contribution in [2.45, 2.75) is 69.5 Å². The summed E-state index contributed by atoms with van der Waals surface area (Å²) in [6, 6.07) is 3.66. The maximum atomic E-state index is 11.3. The SMILES string of the molecule is Cc1nc(SCc2cc([N+](=O)[O-])cc3c2OCOC3)n(C2CCCCC2)c1C. The molecule has 1 fully saturated rings. The molecule has 0 N–H and O–H groups in total. The third-order valence-corrected chi connectivity index (χ3v) is 6.64. The van der Waals surface area contributed by atoms with Crippen LogP contribution < -0.4 is 4.74 Å². The molecular formula is C20H25N3O4S. The average Bonchev–Trinajstić information content (AvgIpc) is 3.00. The summed E-state index contributed by atoms with van der Waals surface area (Å²) in [7, 11) is 0. The van der Waals surface area contributed by atoms with E-state index in [2.05, 4.69) is 11.5 Å². The van der Waals surface area contributed by atoms with Gasteiger partial charge in [0.1, 0.15) is 5.75 Å². The van der Waals surface area contributed by atoms with E-state index in [1.54, 1.807) is 23.9 Å². The maximum absolute atomic E-state index is 11.3. The first-order valence-corrected chi connectivity index (χ1v) is 10.7. The van der Waals surface area contributed by atoms with Gasteiger partial charge in [0, 0.05) is 40.7 Å². The molecule has 0 amide bonds. The van der Waals surface area contributed by atoms with Crippen molar-refractivity contribution >= 4 is 17.4 Å². The Kier molecular flexibility index (Phi) is 5.59. The van der Waals surface area contributed by atoms with Crippen LogP contribution in [0.15, 0.2) is 17.3 Å². The Morgan fingerprint density at radius 2 is 2.07 bits per heavy atom. The highest BCUT2D eigenvalue weighted by Gasteiger charge is 2.24. The monoisotopic (exact) mass is 403 g/mol. The molecule has 0 radical (unpaired) electrons. The van der Waals surface area contributed by atoms with E-state index < -0.39 is 0 Å². The lowest BCUT2D eigenvalue weighted by Crippen LogP contribution is -2.15. The summed E-state index contributed by atoms with van der Waals surface area (Å²) < 4.78 is 13.3. The Morgan fingerprint density at radius 3 is 2.82 bits per heavy atom. The molecule has 28 heavy (non-hydrogen) atoms. The number of hydrogen-bond donors (Lipinski definition) is 0. The van der Waals surface area contributed by atoms with E-state index >= 15 is 0 Å². The quantitative estimate of drug-likeness (QED) is 0.394. The number of benzene rings is 1. The zero-order valence-electron chi connectivity index (χ0n) is 16.3. The lowest BCUT2D eigenvalue weighted by molar-refractivity contribution is -0.385. The van der Waals surface area contributed by atoms with Gasteiger partial charge in [-0.2, -0.15) is 0 Å². The summed E-state index contributed by atoms with van der Waals surface area (Å²) in [5.41, 5.74) is 3.91. The topological polar surface area (TPSA) is 79.4 Å². The number of aryl methyl sites for hydroxylation is 1. The van der Waals surface area contributed by atoms with E-state index in [1.165, 1.54) is 37.8 Å². The predicted molar refractivity (Wildman–Crippen MR) is 107 cm³/mol. The van der Waals surface area contributed by atoms with Crippen LogP contribution in [0.1, 0.15) is 60.7 Å². The van der Waals surface area contributed by atoms with Gasteiger partial charge in [-0.1, -0.05) is 31.0 Å². The van der Waals surface area contributed by atoms with Crippen LogP contribution in [0.25, 0.3) is 0 Å². The van der Waals surface area contributed by atoms with Gasteiger partial charge in [-0.25, -0.2) is 4.98 Å². The molecule has 4 rings (SSSR count). The highest BCUT2D eigenvalue weighted by molar-refractivity contribution is 7.98. The normalized spacial score (nSPS) is 17.2. The van der Waals surface area contributed by atoms with Gasteiger partial charge in [0.05, 0.1) is 17.2 Å². The summed E-state index contributed by atoms with van der Waals surface area (Å²) in [4.78, 5) is 15.8. The van der Waals surface area contributed by atoms with Gasteiger partial charge in [-0.3, -0.25) is 10.1 Å². The molecule has 0 spiro atoms. The minimum absolute atomic E-state index is 0.0754. The van der Waals surface area contributed by atoms with Gasteiger partial charge in [0.15, 0.2) is 11.9 Å². The first kappa shape index (κ1) is 19.3. The fourth-order valence-corrected chi connectivity index (χ4v) is 5.23. The Hall–Kier alpha value is -2.06. The summed E-state index contributed by atoms with van der Waals surface area (Å²) in [5, 5.41) is 12.3. The molecule has 2 aliphatic rings. The van der Waals surface area contributed by atoms with Crippen LogP contribution in [0, 0.1) is 24.0 Å². The summed E-state index contributed by atoms with van der Waals surface area (Å²) in [5.74, 6) is 1.29. The number of rotatable bonds is 5. The molecule has 150 valence electrons. The van der Waals surface area contributed by atoms with Crippen LogP contribution in [0.3, 0.4) is 0 Å². The maximum Gasteiger partial charge on any atom is 0.270 e. The van der Waals surface area contributed by atoms with Crippen molar-refractivity contribution in [1.29, 1.82) is 0 Å². The second-order valence-corrected chi connectivity index (χ2v) is 8.42. The fourth-order valence-electron chi connectivity index (χ4n) is 4.10. The van der Waals surface area contributed by atoms with E-state index in [9.17, 15) is 10.1 Å². The van der Waals surface area contributed by atoms with E-state index in [4.69, 9.17) is 14.5 Å². The molecule has 1 saturated carbocycles. The minimum Gasteiger partial charge on any atom is -0.467 e. The Labute approximate surface area is 168 Å². The largest absolute Gasteiger partial charge is 0.467 e. The Balaban J connectivity index is 1.62. The first-order chi connectivity index (χ1) is 13.5. The molecule has 2 heterocycles. The van der Waals surface area contributed by atoms with E-state index in [0.29, 0.717) is 24.2 Å². The van der Waals surface area contributed by atoms with E-state index in [1.807, 2.05) is 6.92 Å². The predicted octanol–water partition coefficient (Wildman–Crippen LogP) is 5.07. The molecule has 0 atom stereocenters. The number of nitro groups is 1. The van der Waals surface area contributed by atoms with Crippen LogP contribution in [-0.4, -0.2) is 21.3 Å². The lowest BCUT2D eigenvalue weighted by Gasteiger charge is -2.26. The number of hydrogen-bond acceptors (Lipinski definition) is 6. The molecule has 0 saturated heterocycles. The average molecular weight is 404 g/mol. The third-order valence-electron chi connectivity index (χ3n) is 5.63. The number of imidazole rings is 1. The second-order valence-electron chi connectivity index (χ2n) is 7.48. The highest BCUT2D eigenvalue weighted by Crippen LogP contribution is 2.38. The molecule has 2 aromatic rings. The summed E-state index contributed by atoms with van der Waals surface area (Å²) >= 11 is 1.63. The summed E-state index contributed by atoms with van der Waals surface area (Å²) in [6.07, 6.45) is 6.22. The van der Waals surface area contributed by atoms with E-state index in [-0.39, 0.29) is 17.4 Å². The third kappa shape index (κ3) is 3.75.